The molecule has 20 heavy (non-hydrogen) atoms. The Morgan fingerprint density at radius 3 is 2.85 bits per heavy atom. The Bertz CT molecular complexity index is 489. The Hall–Kier alpha value is -0.870. The van der Waals surface area contributed by atoms with Crippen molar-refractivity contribution in [3.63, 3.8) is 0 Å². The van der Waals surface area contributed by atoms with Gasteiger partial charge in [0, 0.05) is 29.2 Å². The van der Waals surface area contributed by atoms with Gasteiger partial charge in [-0.15, -0.1) is 0 Å². The third kappa shape index (κ3) is 3.41. The van der Waals surface area contributed by atoms with Gasteiger partial charge in [-0.3, -0.25) is 4.79 Å². The second-order valence-corrected chi connectivity index (χ2v) is 6.55. The summed E-state index contributed by atoms with van der Waals surface area (Å²) in [7, 11) is 2.14. The predicted octanol–water partition coefficient (Wildman–Crippen LogP) is 3.31. The molecule has 3 nitrogen and oxygen atoms in total. The van der Waals surface area contributed by atoms with Crippen LogP contribution in [0.1, 0.15) is 35.7 Å². The van der Waals surface area contributed by atoms with Crippen LogP contribution in [0.4, 0.5) is 0 Å². The second kappa shape index (κ2) is 6.72. The highest BCUT2D eigenvalue weighted by Crippen LogP contribution is 2.21. The van der Waals surface area contributed by atoms with Crippen molar-refractivity contribution in [1.29, 1.82) is 0 Å². The molecule has 1 amide bonds. The first kappa shape index (κ1) is 15.5. The molecule has 1 unspecified atom stereocenters. The first-order valence-corrected chi connectivity index (χ1v) is 8.08. The molecule has 1 fully saturated rings. The summed E-state index contributed by atoms with van der Waals surface area (Å²) >= 11 is 3.47. The first-order chi connectivity index (χ1) is 9.52. The third-order valence-electron chi connectivity index (χ3n) is 4.06. The lowest BCUT2D eigenvalue weighted by molar-refractivity contribution is 0.0675. The molecule has 1 aliphatic rings. The van der Waals surface area contributed by atoms with Gasteiger partial charge in [0.1, 0.15) is 0 Å². The third-order valence-corrected chi connectivity index (χ3v) is 4.56. The van der Waals surface area contributed by atoms with Crippen LogP contribution in [0.3, 0.4) is 0 Å². The largest absolute Gasteiger partial charge is 0.334 e. The van der Waals surface area contributed by atoms with Crippen LogP contribution < -0.4 is 0 Å². The lowest BCUT2D eigenvalue weighted by Crippen LogP contribution is -2.43. The van der Waals surface area contributed by atoms with Crippen LogP contribution in [-0.2, 0) is 0 Å². The van der Waals surface area contributed by atoms with Gasteiger partial charge in [-0.25, -0.2) is 0 Å². The van der Waals surface area contributed by atoms with Gasteiger partial charge in [-0.1, -0.05) is 28.9 Å². The maximum Gasteiger partial charge on any atom is 0.254 e. The number of hydrogen-bond acceptors (Lipinski definition) is 2. The van der Waals surface area contributed by atoms with Crippen molar-refractivity contribution in [3.8, 4) is 0 Å². The van der Waals surface area contributed by atoms with Crippen LogP contribution in [0.5, 0.6) is 0 Å². The van der Waals surface area contributed by atoms with E-state index in [1.54, 1.807) is 0 Å². The topological polar surface area (TPSA) is 23.6 Å². The lowest BCUT2D eigenvalue weighted by atomic mass is 10.1. The summed E-state index contributed by atoms with van der Waals surface area (Å²) in [6, 6.07) is 6.24. The number of aryl methyl sites for hydroxylation is 1. The number of nitrogens with zero attached hydrogens (tertiary/aromatic N) is 2. The van der Waals surface area contributed by atoms with Crippen molar-refractivity contribution < 1.29 is 4.79 Å². The highest BCUT2D eigenvalue weighted by molar-refractivity contribution is 9.10. The lowest BCUT2D eigenvalue weighted by Gasteiger charge is -2.30. The van der Waals surface area contributed by atoms with Crippen LogP contribution >= 0.6 is 15.9 Å². The van der Waals surface area contributed by atoms with Gasteiger partial charge in [0.05, 0.1) is 0 Å². The fourth-order valence-corrected chi connectivity index (χ4v) is 3.20. The van der Waals surface area contributed by atoms with Gasteiger partial charge in [-0.2, -0.15) is 0 Å². The van der Waals surface area contributed by atoms with Gasteiger partial charge in [0.15, 0.2) is 0 Å². The summed E-state index contributed by atoms with van der Waals surface area (Å²) in [5.41, 5.74) is 1.87. The number of rotatable bonds is 2. The van der Waals surface area contributed by atoms with E-state index in [4.69, 9.17) is 0 Å². The molecule has 1 aliphatic heterocycles. The van der Waals surface area contributed by atoms with Crippen LogP contribution in [-0.4, -0.2) is 48.4 Å². The van der Waals surface area contributed by atoms with Crippen LogP contribution in [0.15, 0.2) is 22.7 Å². The molecule has 0 radical (unpaired) electrons. The van der Waals surface area contributed by atoms with Crippen LogP contribution in [0.25, 0.3) is 0 Å². The smallest absolute Gasteiger partial charge is 0.254 e. The minimum Gasteiger partial charge on any atom is -0.334 e. The molecule has 110 valence electrons. The molecular formula is C16H23BrN2O. The summed E-state index contributed by atoms with van der Waals surface area (Å²) in [5, 5.41) is 0. The highest BCUT2D eigenvalue weighted by Gasteiger charge is 2.27. The van der Waals surface area contributed by atoms with Gasteiger partial charge in [-0.05, 0) is 51.1 Å². The fourth-order valence-electron chi connectivity index (χ4n) is 2.84. The molecule has 1 atom stereocenters. The van der Waals surface area contributed by atoms with Crippen molar-refractivity contribution in [2.24, 2.45) is 0 Å². The fraction of sp³-hybridized carbons (Fsp3) is 0.562. The van der Waals surface area contributed by atoms with Crippen molar-refractivity contribution in [2.45, 2.75) is 32.7 Å². The Labute approximate surface area is 130 Å². The van der Waals surface area contributed by atoms with Crippen LogP contribution in [0.2, 0.25) is 0 Å². The molecule has 0 aliphatic carbocycles. The van der Waals surface area contributed by atoms with Gasteiger partial charge in [0.25, 0.3) is 5.91 Å². The van der Waals surface area contributed by atoms with Gasteiger partial charge in [0.2, 0.25) is 0 Å². The number of hydrogen-bond donors (Lipinski definition) is 0. The summed E-state index contributed by atoms with van der Waals surface area (Å²) in [4.78, 5) is 17.3. The summed E-state index contributed by atoms with van der Waals surface area (Å²) < 4.78 is 0.964. The number of likely N-dealkylation sites (N-methyl/N-ethyl adjacent to an activating group) is 1. The Balaban J connectivity index is 2.27. The van der Waals surface area contributed by atoms with E-state index in [-0.39, 0.29) is 5.91 Å². The van der Waals surface area contributed by atoms with E-state index in [1.807, 2.05) is 25.1 Å². The zero-order chi connectivity index (χ0) is 14.7. The molecule has 1 heterocycles. The van der Waals surface area contributed by atoms with Crippen LogP contribution in [0, 0.1) is 6.92 Å². The van der Waals surface area contributed by atoms with E-state index >= 15 is 0 Å². The summed E-state index contributed by atoms with van der Waals surface area (Å²) in [6.45, 7) is 7.06. The molecular weight excluding hydrogens is 316 g/mol. The van der Waals surface area contributed by atoms with Gasteiger partial charge >= 0.3 is 0 Å². The van der Waals surface area contributed by atoms with E-state index in [0.29, 0.717) is 6.04 Å². The Morgan fingerprint density at radius 2 is 2.15 bits per heavy atom. The first-order valence-electron chi connectivity index (χ1n) is 7.28. The molecule has 1 aromatic rings. The van der Waals surface area contributed by atoms with E-state index in [0.717, 1.165) is 48.1 Å². The Kier molecular flexibility index (Phi) is 5.22. The average Bonchev–Trinajstić information content (AvgIpc) is 2.62. The zero-order valence-electron chi connectivity index (χ0n) is 12.5. The normalized spacial score (nSPS) is 20.8. The van der Waals surface area contributed by atoms with E-state index < -0.39 is 0 Å². The SMILES string of the molecule is CCC1CN(C)CCCN1C(=O)c1cc(Br)ccc1C. The maximum absolute atomic E-state index is 12.9. The monoisotopic (exact) mass is 338 g/mol. The number of benzene rings is 1. The molecule has 0 spiro atoms. The predicted molar refractivity (Wildman–Crippen MR) is 86.1 cm³/mol. The molecule has 0 saturated carbocycles. The van der Waals surface area contributed by atoms with E-state index in [9.17, 15) is 4.79 Å². The van der Waals surface area contributed by atoms with E-state index in [2.05, 4.69) is 39.7 Å². The van der Waals surface area contributed by atoms with Crippen molar-refractivity contribution >= 4 is 21.8 Å². The molecule has 2 rings (SSSR count). The molecule has 0 bridgehead atoms. The second-order valence-electron chi connectivity index (χ2n) is 5.64. The van der Waals surface area contributed by atoms with Gasteiger partial charge < -0.3 is 9.80 Å². The van der Waals surface area contributed by atoms with Crippen molar-refractivity contribution in [1.82, 2.24) is 9.80 Å². The maximum atomic E-state index is 12.9. The molecule has 1 saturated heterocycles. The number of carbonyl (C=O) groups excluding carboxylic acids is 1. The summed E-state index contributed by atoms with van der Waals surface area (Å²) in [6.07, 6.45) is 2.05. The molecule has 1 aromatic carbocycles. The number of carbonyl (C=O) groups is 1. The zero-order valence-corrected chi connectivity index (χ0v) is 14.1. The standard InChI is InChI=1S/C16H23BrN2O/c1-4-14-11-18(3)8-5-9-19(14)16(20)15-10-13(17)7-6-12(15)2/h6-7,10,14H,4-5,8-9,11H2,1-3H3. The average molecular weight is 339 g/mol. The minimum absolute atomic E-state index is 0.172. The van der Waals surface area contributed by atoms with Crippen molar-refractivity contribution in [3.05, 3.63) is 33.8 Å². The quantitative estimate of drug-likeness (QED) is 0.825. The highest BCUT2D eigenvalue weighted by atomic mass is 79.9. The molecule has 0 N–H and O–H groups in total. The molecule has 0 aromatic heterocycles. The van der Waals surface area contributed by atoms with E-state index in [1.165, 1.54) is 0 Å². The summed E-state index contributed by atoms with van der Waals surface area (Å²) in [5.74, 6) is 0.172. The number of amides is 1. The van der Waals surface area contributed by atoms with Crippen molar-refractivity contribution in [2.75, 3.05) is 26.7 Å². The minimum atomic E-state index is 0.172. The number of halogens is 1. The Morgan fingerprint density at radius 1 is 1.40 bits per heavy atom. The molecule has 4 heteroatoms.